The number of halogens is 3. The minimum Gasteiger partial charge on any atom is -0.323 e. The van der Waals surface area contributed by atoms with Crippen LogP contribution in [0.15, 0.2) is 22.7 Å². The number of hydrogen-bond acceptors (Lipinski definition) is 3. The summed E-state index contributed by atoms with van der Waals surface area (Å²) in [5, 5.41) is 13.2. The van der Waals surface area contributed by atoms with Gasteiger partial charge in [-0.1, -0.05) is 29.3 Å². The van der Waals surface area contributed by atoms with Gasteiger partial charge in [-0.2, -0.15) is 10.2 Å². The zero-order valence-corrected chi connectivity index (χ0v) is 19.8. The first-order valence-corrected chi connectivity index (χ1v) is 10.7. The van der Waals surface area contributed by atoms with Crippen molar-refractivity contribution in [3.8, 4) is 0 Å². The summed E-state index contributed by atoms with van der Waals surface area (Å²) in [5.74, 6) is -0.0878. The van der Waals surface area contributed by atoms with Crippen molar-refractivity contribution < 1.29 is 4.79 Å². The summed E-state index contributed by atoms with van der Waals surface area (Å²) >= 11 is 16.1. The lowest BCUT2D eigenvalue weighted by molar-refractivity contribution is -0.116. The fourth-order valence-corrected chi connectivity index (χ4v) is 3.97. The number of amides is 1. The number of aromatic nitrogens is 4. The van der Waals surface area contributed by atoms with Gasteiger partial charge in [-0.3, -0.25) is 14.2 Å². The molecule has 1 amide bonds. The van der Waals surface area contributed by atoms with E-state index in [9.17, 15) is 4.79 Å². The van der Waals surface area contributed by atoms with Gasteiger partial charge in [0.15, 0.2) is 0 Å². The smallest absolute Gasteiger partial charge is 0.226 e. The molecule has 154 valence electrons. The van der Waals surface area contributed by atoms with Crippen molar-refractivity contribution in [2.75, 3.05) is 5.32 Å². The first-order valence-electron chi connectivity index (χ1n) is 9.15. The molecule has 1 aromatic carbocycles. The Kier molecular flexibility index (Phi) is 6.71. The molecule has 0 bridgehead atoms. The van der Waals surface area contributed by atoms with Crippen LogP contribution in [0.3, 0.4) is 0 Å². The Morgan fingerprint density at radius 3 is 2.24 bits per heavy atom. The number of carbonyl (C=O) groups excluding carboxylic acids is 1. The van der Waals surface area contributed by atoms with Gasteiger partial charge in [0.05, 0.1) is 40.3 Å². The highest BCUT2D eigenvalue weighted by molar-refractivity contribution is 9.10. The number of carbonyl (C=O) groups is 1. The van der Waals surface area contributed by atoms with E-state index in [1.807, 2.05) is 38.4 Å². The molecule has 0 spiro atoms. The van der Waals surface area contributed by atoms with Gasteiger partial charge < -0.3 is 5.32 Å². The molecule has 0 saturated heterocycles. The van der Waals surface area contributed by atoms with Crippen molar-refractivity contribution in [3.05, 3.63) is 61.1 Å². The first-order chi connectivity index (χ1) is 13.7. The van der Waals surface area contributed by atoms with Crippen LogP contribution in [-0.4, -0.2) is 25.5 Å². The topological polar surface area (TPSA) is 64.7 Å². The van der Waals surface area contributed by atoms with Crippen molar-refractivity contribution in [1.82, 2.24) is 19.6 Å². The molecule has 0 atom stereocenters. The highest BCUT2D eigenvalue weighted by Gasteiger charge is 2.17. The number of aryl methyl sites for hydroxylation is 3. The molecule has 0 fully saturated rings. The minimum atomic E-state index is -0.0878. The lowest BCUT2D eigenvalue weighted by Gasteiger charge is -2.10. The molecular weight excluding hydrogens is 477 g/mol. The average molecular weight is 499 g/mol. The SMILES string of the molecule is Cc1nn(CCC(=O)Nc2c(C)nn(Cc3c(Cl)cccc3Cl)c2C)c(C)c1Br. The number of anilines is 1. The van der Waals surface area contributed by atoms with Gasteiger partial charge in [-0.15, -0.1) is 0 Å². The summed E-state index contributed by atoms with van der Waals surface area (Å²) in [7, 11) is 0. The first kappa shape index (κ1) is 21.9. The van der Waals surface area contributed by atoms with Crippen molar-refractivity contribution in [2.24, 2.45) is 0 Å². The van der Waals surface area contributed by atoms with E-state index in [0.717, 1.165) is 32.8 Å². The Hall–Kier alpha value is -1.83. The predicted molar refractivity (Wildman–Crippen MR) is 120 cm³/mol. The molecule has 3 rings (SSSR count). The quantitative estimate of drug-likeness (QED) is 0.490. The van der Waals surface area contributed by atoms with E-state index < -0.39 is 0 Å². The van der Waals surface area contributed by atoms with Crippen molar-refractivity contribution >= 4 is 50.7 Å². The summed E-state index contributed by atoms with van der Waals surface area (Å²) < 4.78 is 4.61. The maximum Gasteiger partial charge on any atom is 0.226 e. The second-order valence-corrected chi connectivity index (χ2v) is 8.52. The van der Waals surface area contributed by atoms with Gasteiger partial charge >= 0.3 is 0 Å². The lowest BCUT2D eigenvalue weighted by Crippen LogP contribution is -2.16. The lowest BCUT2D eigenvalue weighted by atomic mass is 10.2. The van der Waals surface area contributed by atoms with E-state index in [1.54, 1.807) is 16.8 Å². The summed E-state index contributed by atoms with van der Waals surface area (Å²) in [6, 6.07) is 5.41. The Morgan fingerprint density at radius 2 is 1.66 bits per heavy atom. The van der Waals surface area contributed by atoms with E-state index in [2.05, 4.69) is 31.4 Å². The molecule has 0 radical (unpaired) electrons. The van der Waals surface area contributed by atoms with Gasteiger partial charge in [0.25, 0.3) is 0 Å². The van der Waals surface area contributed by atoms with E-state index in [0.29, 0.717) is 35.2 Å². The van der Waals surface area contributed by atoms with Crippen LogP contribution in [-0.2, 0) is 17.9 Å². The van der Waals surface area contributed by atoms with Gasteiger partial charge in [0.2, 0.25) is 5.91 Å². The minimum absolute atomic E-state index is 0.0878. The fourth-order valence-electron chi connectivity index (χ4n) is 3.17. The van der Waals surface area contributed by atoms with Gasteiger partial charge in [0, 0.05) is 27.7 Å². The third kappa shape index (κ3) is 4.68. The van der Waals surface area contributed by atoms with E-state index >= 15 is 0 Å². The molecule has 6 nitrogen and oxygen atoms in total. The fraction of sp³-hybridized carbons (Fsp3) is 0.350. The second-order valence-electron chi connectivity index (χ2n) is 6.91. The Labute approximate surface area is 188 Å². The molecule has 0 aliphatic heterocycles. The zero-order valence-electron chi connectivity index (χ0n) is 16.7. The maximum atomic E-state index is 12.5. The molecule has 1 N–H and O–H groups in total. The molecule has 0 aliphatic rings. The molecule has 0 saturated carbocycles. The van der Waals surface area contributed by atoms with Crippen LogP contribution in [0.25, 0.3) is 0 Å². The van der Waals surface area contributed by atoms with Crippen LogP contribution >= 0.6 is 39.1 Å². The average Bonchev–Trinajstić information content (AvgIpc) is 3.07. The maximum absolute atomic E-state index is 12.5. The van der Waals surface area contributed by atoms with Crippen LogP contribution < -0.4 is 5.32 Å². The Balaban J connectivity index is 1.71. The van der Waals surface area contributed by atoms with Gasteiger partial charge in [0.1, 0.15) is 0 Å². The third-order valence-corrected chi connectivity index (χ3v) is 6.72. The van der Waals surface area contributed by atoms with Crippen LogP contribution in [0.1, 0.15) is 34.8 Å². The van der Waals surface area contributed by atoms with E-state index in [-0.39, 0.29) is 5.91 Å². The number of nitrogens with one attached hydrogen (secondary N) is 1. The molecule has 0 aliphatic carbocycles. The summed E-state index contributed by atoms with van der Waals surface area (Å²) in [6.07, 6.45) is 0.314. The highest BCUT2D eigenvalue weighted by atomic mass is 79.9. The zero-order chi connectivity index (χ0) is 21.3. The van der Waals surface area contributed by atoms with E-state index in [1.165, 1.54) is 0 Å². The van der Waals surface area contributed by atoms with Crippen molar-refractivity contribution in [3.63, 3.8) is 0 Å². The highest BCUT2D eigenvalue weighted by Crippen LogP contribution is 2.27. The molecule has 2 aromatic heterocycles. The Bertz CT molecular complexity index is 1050. The third-order valence-electron chi connectivity index (χ3n) is 4.86. The summed E-state index contributed by atoms with van der Waals surface area (Å²) in [6.45, 7) is 8.62. The van der Waals surface area contributed by atoms with Crippen LogP contribution in [0.2, 0.25) is 10.0 Å². The number of nitrogens with zero attached hydrogens (tertiary/aromatic N) is 4. The molecular formula is C20H22BrCl2N5O. The number of hydrogen-bond donors (Lipinski definition) is 1. The predicted octanol–water partition coefficient (Wildman–Crippen LogP) is 5.46. The second kappa shape index (κ2) is 8.90. The summed E-state index contributed by atoms with van der Waals surface area (Å²) in [4.78, 5) is 12.5. The largest absolute Gasteiger partial charge is 0.323 e. The van der Waals surface area contributed by atoms with Crippen molar-refractivity contribution in [1.29, 1.82) is 0 Å². The van der Waals surface area contributed by atoms with E-state index in [4.69, 9.17) is 23.2 Å². The van der Waals surface area contributed by atoms with Crippen LogP contribution in [0, 0.1) is 27.7 Å². The monoisotopic (exact) mass is 497 g/mol. The molecule has 9 heteroatoms. The Morgan fingerprint density at radius 1 is 1.03 bits per heavy atom. The molecule has 29 heavy (non-hydrogen) atoms. The van der Waals surface area contributed by atoms with Gasteiger partial charge in [-0.25, -0.2) is 0 Å². The van der Waals surface area contributed by atoms with Crippen molar-refractivity contribution in [2.45, 2.75) is 47.2 Å². The summed E-state index contributed by atoms with van der Waals surface area (Å²) in [5.41, 5.74) is 5.02. The number of rotatable bonds is 6. The number of benzene rings is 1. The normalized spacial score (nSPS) is 11.1. The molecule has 0 unspecified atom stereocenters. The van der Waals surface area contributed by atoms with Crippen LogP contribution in [0.5, 0.6) is 0 Å². The molecule has 3 aromatic rings. The van der Waals surface area contributed by atoms with Crippen LogP contribution in [0.4, 0.5) is 5.69 Å². The van der Waals surface area contributed by atoms with Gasteiger partial charge in [-0.05, 0) is 55.8 Å². The standard InChI is InChI=1S/C20H22BrCl2N5O/c1-11-19(21)13(3)27(25-11)9-8-18(29)24-20-12(2)26-28(14(20)4)10-15-16(22)6-5-7-17(15)23/h5-7H,8-10H2,1-4H3,(H,24,29). The molecule has 2 heterocycles.